The molecule has 0 radical (unpaired) electrons. The maximum Gasteiger partial charge on any atom is 0.242 e. The normalized spacial score (nSPS) is 23.1. The highest BCUT2D eigenvalue weighted by molar-refractivity contribution is 5.88. The molecule has 2 aliphatic rings. The maximum absolute atomic E-state index is 12.1. The largest absolute Gasteiger partial charge is 0.396 e. The molecule has 1 atom stereocenters. The third-order valence-corrected chi connectivity index (χ3v) is 4.30. The molecule has 2 heterocycles. The van der Waals surface area contributed by atoms with E-state index in [0.29, 0.717) is 19.8 Å². The van der Waals surface area contributed by atoms with Crippen molar-refractivity contribution in [2.24, 2.45) is 5.41 Å². The maximum atomic E-state index is 12.1. The number of fused-ring (bicyclic) bond motifs is 1. The Labute approximate surface area is 118 Å². The summed E-state index contributed by atoms with van der Waals surface area (Å²) in [6.07, 6.45) is 0.720. The highest BCUT2D eigenvalue weighted by Gasteiger charge is 2.44. The highest BCUT2D eigenvalue weighted by atomic mass is 16.5. The molecule has 0 aromatic heterocycles. The third-order valence-electron chi connectivity index (χ3n) is 4.30. The Balaban J connectivity index is 1.89. The van der Waals surface area contributed by atoms with E-state index in [9.17, 15) is 9.90 Å². The number of nitrogens with one attached hydrogen (secondary N) is 1. The van der Waals surface area contributed by atoms with Gasteiger partial charge >= 0.3 is 0 Å². The van der Waals surface area contributed by atoms with Crippen LogP contribution in [0.5, 0.6) is 0 Å². The lowest BCUT2D eigenvalue weighted by atomic mass is 9.86. The summed E-state index contributed by atoms with van der Waals surface area (Å²) in [6, 6.07) is 7.90. The lowest BCUT2D eigenvalue weighted by molar-refractivity contribution is -0.133. The third kappa shape index (κ3) is 2.07. The number of anilines is 1. The predicted octanol–water partition coefficient (Wildman–Crippen LogP) is 0.173. The van der Waals surface area contributed by atoms with Gasteiger partial charge in [0.25, 0.3) is 0 Å². The Morgan fingerprint density at radius 1 is 1.50 bits per heavy atom. The lowest BCUT2D eigenvalue weighted by Crippen LogP contribution is -2.56. The summed E-state index contributed by atoms with van der Waals surface area (Å²) in [5.74, 6) is 0.0227. The fourth-order valence-corrected chi connectivity index (χ4v) is 3.03. The molecule has 2 aliphatic heterocycles. The van der Waals surface area contributed by atoms with E-state index in [1.54, 1.807) is 7.05 Å². The van der Waals surface area contributed by atoms with Crippen LogP contribution in [-0.2, 0) is 16.0 Å². The van der Waals surface area contributed by atoms with Gasteiger partial charge in [-0.2, -0.15) is 0 Å². The first-order valence-corrected chi connectivity index (χ1v) is 6.94. The molecule has 0 saturated carbocycles. The monoisotopic (exact) mass is 276 g/mol. The smallest absolute Gasteiger partial charge is 0.242 e. The summed E-state index contributed by atoms with van der Waals surface area (Å²) in [4.78, 5) is 14.2. The molecule has 5 nitrogen and oxygen atoms in total. The van der Waals surface area contributed by atoms with Crippen LogP contribution in [0.2, 0.25) is 0 Å². The SMILES string of the molecule is CNC(=O)C1Cc2ccccc2N1CC1(CO)COC1. The molecule has 5 heteroatoms. The van der Waals surface area contributed by atoms with Crippen molar-refractivity contribution in [1.29, 1.82) is 0 Å². The van der Waals surface area contributed by atoms with Crippen LogP contribution in [0.4, 0.5) is 5.69 Å². The van der Waals surface area contributed by atoms with E-state index >= 15 is 0 Å². The number of para-hydroxylation sites is 1. The number of hydrogen-bond acceptors (Lipinski definition) is 4. The van der Waals surface area contributed by atoms with Crippen molar-refractivity contribution in [1.82, 2.24) is 5.32 Å². The Morgan fingerprint density at radius 2 is 2.25 bits per heavy atom. The van der Waals surface area contributed by atoms with Gasteiger partial charge in [-0.3, -0.25) is 4.79 Å². The molecule has 1 amide bonds. The first-order chi connectivity index (χ1) is 9.69. The summed E-state index contributed by atoms with van der Waals surface area (Å²) >= 11 is 0. The molecule has 1 aromatic rings. The average Bonchev–Trinajstić information content (AvgIpc) is 2.80. The highest BCUT2D eigenvalue weighted by Crippen LogP contribution is 2.37. The molecule has 0 aliphatic carbocycles. The second-order valence-corrected chi connectivity index (χ2v) is 5.74. The second kappa shape index (κ2) is 5.07. The Morgan fingerprint density at radius 3 is 2.85 bits per heavy atom. The van der Waals surface area contributed by atoms with Gasteiger partial charge in [0.2, 0.25) is 5.91 Å². The van der Waals surface area contributed by atoms with Crippen molar-refractivity contribution in [3.8, 4) is 0 Å². The number of nitrogens with zero attached hydrogens (tertiary/aromatic N) is 1. The van der Waals surface area contributed by atoms with Crippen LogP contribution in [0.1, 0.15) is 5.56 Å². The van der Waals surface area contributed by atoms with Gasteiger partial charge in [0, 0.05) is 25.7 Å². The van der Waals surface area contributed by atoms with Gasteiger partial charge in [-0.05, 0) is 11.6 Å². The van der Waals surface area contributed by atoms with Gasteiger partial charge in [-0.1, -0.05) is 18.2 Å². The molecule has 0 spiro atoms. The first kappa shape index (κ1) is 13.4. The standard InChI is InChI=1S/C15H20N2O3/c1-16-14(19)13-6-11-4-2-3-5-12(11)17(13)7-15(8-18)9-20-10-15/h2-5,13,18H,6-10H2,1H3,(H,16,19). The zero-order valence-electron chi connectivity index (χ0n) is 11.6. The number of ether oxygens (including phenoxy) is 1. The van der Waals surface area contributed by atoms with Crippen molar-refractivity contribution in [2.75, 3.05) is 38.3 Å². The number of aliphatic hydroxyl groups is 1. The Hall–Kier alpha value is -1.59. The molecule has 1 unspecified atom stereocenters. The molecular formula is C15H20N2O3. The van der Waals surface area contributed by atoms with E-state index in [1.165, 1.54) is 5.56 Å². The molecule has 0 bridgehead atoms. The number of likely N-dealkylation sites (N-methyl/N-ethyl adjacent to an activating group) is 1. The molecule has 1 saturated heterocycles. The number of carbonyl (C=O) groups is 1. The molecule has 1 aromatic carbocycles. The minimum absolute atomic E-state index is 0.0227. The molecule has 108 valence electrons. The quantitative estimate of drug-likeness (QED) is 0.823. The fraction of sp³-hybridized carbons (Fsp3) is 0.533. The number of amides is 1. The number of rotatable bonds is 4. The van der Waals surface area contributed by atoms with Gasteiger partial charge in [-0.25, -0.2) is 0 Å². The van der Waals surface area contributed by atoms with Crippen molar-refractivity contribution in [2.45, 2.75) is 12.5 Å². The van der Waals surface area contributed by atoms with Crippen LogP contribution in [0.3, 0.4) is 0 Å². The zero-order chi connectivity index (χ0) is 14.2. The van der Waals surface area contributed by atoms with E-state index in [0.717, 1.165) is 12.1 Å². The van der Waals surface area contributed by atoms with Crippen LogP contribution in [0.15, 0.2) is 24.3 Å². The average molecular weight is 276 g/mol. The first-order valence-electron chi connectivity index (χ1n) is 6.94. The summed E-state index contributed by atoms with van der Waals surface area (Å²) in [7, 11) is 1.66. The van der Waals surface area contributed by atoms with E-state index in [-0.39, 0.29) is 24.0 Å². The second-order valence-electron chi connectivity index (χ2n) is 5.74. The van der Waals surface area contributed by atoms with Crippen molar-refractivity contribution in [3.63, 3.8) is 0 Å². The molecular weight excluding hydrogens is 256 g/mol. The summed E-state index contributed by atoms with van der Waals surface area (Å²) < 4.78 is 5.26. The van der Waals surface area contributed by atoms with Gasteiger partial charge in [-0.15, -0.1) is 0 Å². The van der Waals surface area contributed by atoms with Crippen molar-refractivity contribution >= 4 is 11.6 Å². The van der Waals surface area contributed by atoms with E-state index in [1.807, 2.05) is 18.2 Å². The number of benzene rings is 1. The van der Waals surface area contributed by atoms with Crippen LogP contribution in [0.25, 0.3) is 0 Å². The van der Waals surface area contributed by atoms with Gasteiger partial charge < -0.3 is 20.1 Å². The molecule has 3 rings (SSSR count). The predicted molar refractivity (Wildman–Crippen MR) is 75.7 cm³/mol. The minimum Gasteiger partial charge on any atom is -0.396 e. The number of hydrogen-bond donors (Lipinski definition) is 2. The topological polar surface area (TPSA) is 61.8 Å². The van der Waals surface area contributed by atoms with Gasteiger partial charge in [0.15, 0.2) is 0 Å². The van der Waals surface area contributed by atoms with Crippen molar-refractivity contribution in [3.05, 3.63) is 29.8 Å². The lowest BCUT2D eigenvalue weighted by Gasteiger charge is -2.44. The fourth-order valence-electron chi connectivity index (χ4n) is 3.03. The Bertz CT molecular complexity index is 508. The summed E-state index contributed by atoms with van der Waals surface area (Å²) in [5, 5.41) is 12.4. The summed E-state index contributed by atoms with van der Waals surface area (Å²) in [6.45, 7) is 1.86. The van der Waals surface area contributed by atoms with Crippen LogP contribution in [0, 0.1) is 5.41 Å². The summed E-state index contributed by atoms with van der Waals surface area (Å²) in [5.41, 5.74) is 2.05. The van der Waals surface area contributed by atoms with Crippen molar-refractivity contribution < 1.29 is 14.6 Å². The number of aliphatic hydroxyl groups excluding tert-OH is 1. The van der Waals surface area contributed by atoms with Gasteiger partial charge in [0.1, 0.15) is 6.04 Å². The molecule has 20 heavy (non-hydrogen) atoms. The van der Waals surface area contributed by atoms with E-state index in [2.05, 4.69) is 16.3 Å². The molecule has 2 N–H and O–H groups in total. The van der Waals surface area contributed by atoms with Crippen LogP contribution >= 0.6 is 0 Å². The van der Waals surface area contributed by atoms with Crippen LogP contribution in [-0.4, -0.2) is 50.5 Å². The molecule has 1 fully saturated rings. The zero-order valence-corrected chi connectivity index (χ0v) is 11.6. The van der Waals surface area contributed by atoms with E-state index in [4.69, 9.17) is 4.74 Å². The van der Waals surface area contributed by atoms with E-state index < -0.39 is 0 Å². The van der Waals surface area contributed by atoms with Crippen LogP contribution < -0.4 is 10.2 Å². The minimum atomic E-state index is -0.232. The van der Waals surface area contributed by atoms with Gasteiger partial charge in [0.05, 0.1) is 25.2 Å². The number of carbonyl (C=O) groups excluding carboxylic acids is 1. The Kier molecular flexibility index (Phi) is 3.40.